The zero-order valence-corrected chi connectivity index (χ0v) is 11.0. The van der Waals surface area contributed by atoms with Crippen molar-refractivity contribution in [3.8, 4) is 0 Å². The zero-order chi connectivity index (χ0) is 12.0. The Balaban J connectivity index is 2.60. The fourth-order valence-electron chi connectivity index (χ4n) is 1.34. The van der Waals surface area contributed by atoms with Crippen molar-refractivity contribution in [1.82, 2.24) is 0 Å². The Bertz CT molecular complexity index is 322. The Morgan fingerprint density at radius 1 is 1.50 bits per heavy atom. The van der Waals surface area contributed by atoms with Gasteiger partial charge in [0.15, 0.2) is 0 Å². The first-order chi connectivity index (χ1) is 7.67. The fourth-order valence-corrected chi connectivity index (χ4v) is 2.68. The van der Waals surface area contributed by atoms with E-state index in [1.54, 1.807) is 11.8 Å². The second-order valence-electron chi connectivity index (χ2n) is 3.90. The normalized spacial score (nSPS) is 14.8. The molecule has 0 saturated heterocycles. The average molecular weight is 260 g/mol. The van der Waals surface area contributed by atoms with Crippen LogP contribution in [0.2, 0.25) is 5.02 Å². The number of halogens is 1. The van der Waals surface area contributed by atoms with Crippen LogP contribution in [0.15, 0.2) is 24.3 Å². The summed E-state index contributed by atoms with van der Waals surface area (Å²) in [6.07, 6.45) is 0. The number of aliphatic hydroxyl groups excluding tert-OH is 1. The Morgan fingerprint density at radius 2 is 2.25 bits per heavy atom. The number of nitrogens with two attached hydrogens (primary N) is 1. The van der Waals surface area contributed by atoms with Crippen molar-refractivity contribution in [3.05, 3.63) is 34.9 Å². The van der Waals surface area contributed by atoms with Crippen LogP contribution in [0, 0.1) is 5.92 Å². The molecule has 0 amide bonds. The van der Waals surface area contributed by atoms with Crippen molar-refractivity contribution in [1.29, 1.82) is 0 Å². The van der Waals surface area contributed by atoms with Crippen molar-refractivity contribution in [3.63, 3.8) is 0 Å². The zero-order valence-electron chi connectivity index (χ0n) is 9.40. The molecule has 0 fully saturated rings. The molecule has 0 bridgehead atoms. The van der Waals surface area contributed by atoms with Crippen LogP contribution in [-0.2, 0) is 0 Å². The SMILES string of the molecule is CC(CO)CSC(CN)c1cccc(Cl)c1. The summed E-state index contributed by atoms with van der Waals surface area (Å²) in [5.74, 6) is 1.21. The van der Waals surface area contributed by atoms with E-state index in [-0.39, 0.29) is 11.9 Å². The van der Waals surface area contributed by atoms with E-state index in [0.717, 1.165) is 16.3 Å². The summed E-state index contributed by atoms with van der Waals surface area (Å²) in [6.45, 7) is 2.83. The van der Waals surface area contributed by atoms with Gasteiger partial charge in [-0.3, -0.25) is 0 Å². The summed E-state index contributed by atoms with van der Waals surface area (Å²) in [5.41, 5.74) is 6.91. The van der Waals surface area contributed by atoms with Crippen LogP contribution >= 0.6 is 23.4 Å². The highest BCUT2D eigenvalue weighted by Gasteiger charge is 2.12. The van der Waals surface area contributed by atoms with Crippen LogP contribution in [0.5, 0.6) is 0 Å². The van der Waals surface area contributed by atoms with E-state index in [1.807, 2.05) is 31.2 Å². The van der Waals surface area contributed by atoms with Crippen LogP contribution in [-0.4, -0.2) is 24.0 Å². The van der Waals surface area contributed by atoms with Gasteiger partial charge in [-0.25, -0.2) is 0 Å². The Kier molecular flexibility index (Phi) is 6.21. The van der Waals surface area contributed by atoms with Crippen molar-refractivity contribution >= 4 is 23.4 Å². The van der Waals surface area contributed by atoms with Gasteiger partial charge in [0, 0.05) is 23.4 Å². The summed E-state index contributed by atoms with van der Waals surface area (Å²) in [7, 11) is 0. The van der Waals surface area contributed by atoms with E-state index in [9.17, 15) is 0 Å². The molecule has 2 unspecified atom stereocenters. The molecule has 0 aliphatic rings. The van der Waals surface area contributed by atoms with Gasteiger partial charge in [-0.1, -0.05) is 30.7 Å². The molecule has 0 spiro atoms. The monoisotopic (exact) mass is 259 g/mol. The minimum absolute atomic E-state index is 0.222. The number of hydrogen-bond donors (Lipinski definition) is 2. The van der Waals surface area contributed by atoms with E-state index < -0.39 is 0 Å². The maximum atomic E-state index is 8.97. The predicted molar refractivity (Wildman–Crippen MR) is 72.0 cm³/mol. The van der Waals surface area contributed by atoms with Gasteiger partial charge in [-0.05, 0) is 29.4 Å². The number of aliphatic hydroxyl groups is 1. The summed E-state index contributed by atoms with van der Waals surface area (Å²) < 4.78 is 0. The minimum Gasteiger partial charge on any atom is -0.396 e. The molecule has 1 rings (SSSR count). The second-order valence-corrected chi connectivity index (χ2v) is 5.57. The lowest BCUT2D eigenvalue weighted by atomic mass is 10.1. The maximum Gasteiger partial charge on any atom is 0.0464 e. The molecule has 1 aromatic carbocycles. The van der Waals surface area contributed by atoms with Gasteiger partial charge in [0.1, 0.15) is 0 Å². The Hall–Kier alpha value is -0.220. The third-order valence-corrected chi connectivity index (χ3v) is 4.19. The minimum atomic E-state index is 0.222. The molecule has 0 aliphatic heterocycles. The first kappa shape index (κ1) is 13.8. The summed E-state index contributed by atoms with van der Waals surface area (Å²) >= 11 is 7.72. The van der Waals surface area contributed by atoms with E-state index >= 15 is 0 Å². The predicted octanol–water partition coefficient (Wildman–Crippen LogP) is 2.70. The van der Waals surface area contributed by atoms with E-state index in [2.05, 4.69) is 0 Å². The smallest absolute Gasteiger partial charge is 0.0464 e. The molecule has 0 aliphatic carbocycles. The van der Waals surface area contributed by atoms with Crippen LogP contribution in [0.25, 0.3) is 0 Å². The van der Waals surface area contributed by atoms with Crippen LogP contribution in [0.1, 0.15) is 17.7 Å². The van der Waals surface area contributed by atoms with Crippen LogP contribution in [0.3, 0.4) is 0 Å². The number of thioether (sulfide) groups is 1. The molecule has 90 valence electrons. The lowest BCUT2D eigenvalue weighted by molar-refractivity contribution is 0.250. The van der Waals surface area contributed by atoms with Crippen molar-refractivity contribution < 1.29 is 5.11 Å². The molecule has 4 heteroatoms. The van der Waals surface area contributed by atoms with Gasteiger partial charge >= 0.3 is 0 Å². The molecule has 1 aromatic rings. The summed E-state index contributed by atoms with van der Waals surface area (Å²) in [5, 5.41) is 9.97. The van der Waals surface area contributed by atoms with Crippen molar-refractivity contribution in [2.24, 2.45) is 11.7 Å². The van der Waals surface area contributed by atoms with E-state index in [0.29, 0.717) is 12.5 Å². The molecule has 0 heterocycles. The summed E-state index contributed by atoms with van der Waals surface area (Å²) in [4.78, 5) is 0. The number of benzene rings is 1. The fraction of sp³-hybridized carbons (Fsp3) is 0.500. The van der Waals surface area contributed by atoms with Gasteiger partial charge in [-0.15, -0.1) is 0 Å². The Morgan fingerprint density at radius 3 is 2.81 bits per heavy atom. The molecule has 0 saturated carbocycles. The van der Waals surface area contributed by atoms with E-state index in [1.165, 1.54) is 0 Å². The Labute approximate surface area is 106 Å². The first-order valence-corrected chi connectivity index (χ1v) is 6.78. The van der Waals surface area contributed by atoms with E-state index in [4.69, 9.17) is 22.4 Å². The molecule has 16 heavy (non-hydrogen) atoms. The lowest BCUT2D eigenvalue weighted by Crippen LogP contribution is -2.12. The van der Waals surface area contributed by atoms with Crippen molar-refractivity contribution in [2.75, 3.05) is 18.9 Å². The molecular weight excluding hydrogens is 242 g/mol. The van der Waals surface area contributed by atoms with Crippen LogP contribution < -0.4 is 5.73 Å². The molecule has 0 aromatic heterocycles. The topological polar surface area (TPSA) is 46.2 Å². The average Bonchev–Trinajstić information content (AvgIpc) is 2.29. The number of hydrogen-bond acceptors (Lipinski definition) is 3. The second kappa shape index (κ2) is 7.17. The largest absolute Gasteiger partial charge is 0.396 e. The van der Waals surface area contributed by atoms with Gasteiger partial charge in [0.2, 0.25) is 0 Å². The van der Waals surface area contributed by atoms with Gasteiger partial charge in [-0.2, -0.15) is 11.8 Å². The maximum absolute atomic E-state index is 8.97. The quantitative estimate of drug-likeness (QED) is 0.826. The molecule has 0 radical (unpaired) electrons. The highest BCUT2D eigenvalue weighted by molar-refractivity contribution is 7.99. The molecule has 3 N–H and O–H groups in total. The molecule has 2 atom stereocenters. The standard InChI is InChI=1S/C12H18ClNOS/c1-9(7-15)8-16-12(6-14)10-3-2-4-11(13)5-10/h2-5,9,12,15H,6-8,14H2,1H3. The first-order valence-electron chi connectivity index (χ1n) is 5.35. The molecule has 2 nitrogen and oxygen atoms in total. The van der Waals surface area contributed by atoms with Crippen LogP contribution in [0.4, 0.5) is 0 Å². The van der Waals surface area contributed by atoms with Gasteiger partial charge in [0.25, 0.3) is 0 Å². The van der Waals surface area contributed by atoms with Crippen molar-refractivity contribution in [2.45, 2.75) is 12.2 Å². The van der Waals surface area contributed by atoms with Gasteiger partial charge < -0.3 is 10.8 Å². The lowest BCUT2D eigenvalue weighted by Gasteiger charge is -2.17. The third-order valence-electron chi connectivity index (χ3n) is 2.33. The molecular formula is C12H18ClNOS. The number of rotatable bonds is 6. The highest BCUT2D eigenvalue weighted by Crippen LogP contribution is 2.30. The highest BCUT2D eigenvalue weighted by atomic mass is 35.5. The third kappa shape index (κ3) is 4.34. The van der Waals surface area contributed by atoms with Gasteiger partial charge in [0.05, 0.1) is 0 Å². The summed E-state index contributed by atoms with van der Waals surface area (Å²) in [6, 6.07) is 7.80.